The average Bonchev–Trinajstić information content (AvgIpc) is 2.93. The summed E-state index contributed by atoms with van der Waals surface area (Å²) >= 11 is 0. The summed E-state index contributed by atoms with van der Waals surface area (Å²) in [6.45, 7) is 3.00. The smallest absolute Gasteiger partial charge is 0.308 e. The lowest BCUT2D eigenvalue weighted by Gasteiger charge is -2.31. The number of aryl methyl sites for hydroxylation is 1. The summed E-state index contributed by atoms with van der Waals surface area (Å²) in [5.74, 6) is -1.44. The summed E-state index contributed by atoms with van der Waals surface area (Å²) in [6, 6.07) is 5.02. The summed E-state index contributed by atoms with van der Waals surface area (Å²) < 4.78 is 25.5. The highest BCUT2D eigenvalue weighted by Crippen LogP contribution is 2.27. The number of hydrogen-bond acceptors (Lipinski definition) is 4. The van der Waals surface area contributed by atoms with E-state index in [-0.39, 0.29) is 18.2 Å². The topological polar surface area (TPSA) is 95.0 Å². The molecule has 1 unspecified atom stereocenters. The van der Waals surface area contributed by atoms with Gasteiger partial charge in [-0.3, -0.25) is 13.9 Å². The molecule has 2 aliphatic rings. The zero-order valence-corrected chi connectivity index (χ0v) is 15.0. The first-order valence-electron chi connectivity index (χ1n) is 8.43. The van der Waals surface area contributed by atoms with E-state index in [4.69, 9.17) is 5.11 Å². The molecule has 7 nitrogen and oxygen atoms in total. The average molecular weight is 366 g/mol. The lowest BCUT2D eigenvalue weighted by Crippen LogP contribution is -2.42. The lowest BCUT2D eigenvalue weighted by molar-refractivity contribution is -0.143. The van der Waals surface area contributed by atoms with Crippen LogP contribution in [0.3, 0.4) is 0 Å². The van der Waals surface area contributed by atoms with Crippen LogP contribution in [-0.4, -0.2) is 55.7 Å². The molecule has 1 atom stereocenters. The second-order valence-electron chi connectivity index (χ2n) is 6.67. The number of benzene rings is 1. The van der Waals surface area contributed by atoms with Crippen molar-refractivity contribution in [2.45, 2.75) is 26.2 Å². The summed E-state index contributed by atoms with van der Waals surface area (Å²) in [5.41, 5.74) is 1.77. The zero-order chi connectivity index (χ0) is 18.2. The number of likely N-dealkylation sites (tertiary alicyclic amines) is 1. The van der Waals surface area contributed by atoms with E-state index in [2.05, 4.69) is 0 Å². The number of aliphatic carboxylic acids is 1. The Bertz CT molecular complexity index is 805. The van der Waals surface area contributed by atoms with Crippen molar-refractivity contribution in [1.82, 2.24) is 4.90 Å². The molecule has 1 aromatic rings. The fourth-order valence-electron chi connectivity index (χ4n) is 3.51. The van der Waals surface area contributed by atoms with Crippen LogP contribution in [0.5, 0.6) is 0 Å². The predicted molar refractivity (Wildman–Crippen MR) is 93.2 cm³/mol. The number of carboxylic acid groups (broad SMARTS) is 1. The summed E-state index contributed by atoms with van der Waals surface area (Å²) in [5, 5.41) is 9.17. The lowest BCUT2D eigenvalue weighted by atomic mass is 9.97. The van der Waals surface area contributed by atoms with Crippen molar-refractivity contribution in [1.29, 1.82) is 0 Å². The van der Waals surface area contributed by atoms with Gasteiger partial charge < -0.3 is 10.0 Å². The Morgan fingerprint density at radius 1 is 1.20 bits per heavy atom. The Labute approximate surface area is 147 Å². The van der Waals surface area contributed by atoms with Crippen LogP contribution in [-0.2, 0) is 14.8 Å². The molecule has 2 saturated heterocycles. The Kier molecular flexibility index (Phi) is 4.73. The second kappa shape index (κ2) is 6.67. The third-order valence-electron chi connectivity index (χ3n) is 4.89. The standard InChI is InChI=1S/C17H22N2O5S/c1-12-10-14(19-8-3-9-25(19,23)24)5-6-15(12)16(20)18-7-2-4-13(11-18)17(21)22/h5-6,10,13H,2-4,7-9,11H2,1H3,(H,21,22). The molecule has 0 saturated carbocycles. The Morgan fingerprint density at radius 2 is 1.96 bits per heavy atom. The number of sulfonamides is 1. The van der Waals surface area contributed by atoms with Gasteiger partial charge in [-0.25, -0.2) is 8.42 Å². The van der Waals surface area contributed by atoms with Crippen molar-refractivity contribution >= 4 is 27.6 Å². The number of carbonyl (C=O) groups is 2. The Balaban J connectivity index is 1.81. The van der Waals surface area contributed by atoms with Crippen molar-refractivity contribution < 1.29 is 23.1 Å². The van der Waals surface area contributed by atoms with Crippen LogP contribution in [0.4, 0.5) is 5.69 Å². The van der Waals surface area contributed by atoms with Gasteiger partial charge in [0, 0.05) is 25.2 Å². The van der Waals surface area contributed by atoms with Crippen LogP contribution in [0.25, 0.3) is 0 Å². The SMILES string of the molecule is Cc1cc(N2CCCS2(=O)=O)ccc1C(=O)N1CCCC(C(=O)O)C1. The van der Waals surface area contributed by atoms with E-state index < -0.39 is 21.9 Å². The van der Waals surface area contributed by atoms with E-state index in [1.165, 1.54) is 4.31 Å². The molecule has 25 heavy (non-hydrogen) atoms. The molecule has 0 aromatic heterocycles. The zero-order valence-electron chi connectivity index (χ0n) is 14.1. The highest BCUT2D eigenvalue weighted by molar-refractivity contribution is 7.93. The molecule has 0 aliphatic carbocycles. The highest BCUT2D eigenvalue weighted by atomic mass is 32.2. The van der Waals surface area contributed by atoms with Crippen LogP contribution < -0.4 is 4.31 Å². The van der Waals surface area contributed by atoms with Crippen LogP contribution in [0.1, 0.15) is 35.2 Å². The van der Waals surface area contributed by atoms with E-state index in [1.54, 1.807) is 30.0 Å². The molecule has 0 bridgehead atoms. The number of carbonyl (C=O) groups excluding carboxylic acids is 1. The fraction of sp³-hybridized carbons (Fsp3) is 0.529. The van der Waals surface area contributed by atoms with Gasteiger partial charge in [0.05, 0.1) is 17.4 Å². The van der Waals surface area contributed by atoms with Gasteiger partial charge in [0.25, 0.3) is 5.91 Å². The fourth-order valence-corrected chi connectivity index (χ4v) is 5.06. The molecular formula is C17H22N2O5S. The maximum Gasteiger partial charge on any atom is 0.308 e. The van der Waals surface area contributed by atoms with E-state index in [0.717, 1.165) is 0 Å². The molecule has 136 valence electrons. The summed E-state index contributed by atoms with van der Waals surface area (Å²) in [4.78, 5) is 25.5. The van der Waals surface area contributed by atoms with Gasteiger partial charge in [0.1, 0.15) is 0 Å². The van der Waals surface area contributed by atoms with Crippen LogP contribution in [0.15, 0.2) is 18.2 Å². The monoisotopic (exact) mass is 366 g/mol. The number of anilines is 1. The molecule has 8 heteroatoms. The van der Waals surface area contributed by atoms with Crippen molar-refractivity contribution in [3.63, 3.8) is 0 Å². The molecule has 1 aromatic carbocycles. The highest BCUT2D eigenvalue weighted by Gasteiger charge is 2.31. The van der Waals surface area contributed by atoms with Crippen molar-refractivity contribution in [3.05, 3.63) is 29.3 Å². The van der Waals surface area contributed by atoms with Crippen molar-refractivity contribution in [2.24, 2.45) is 5.92 Å². The van der Waals surface area contributed by atoms with Gasteiger partial charge >= 0.3 is 5.97 Å². The molecule has 3 rings (SSSR count). The maximum atomic E-state index is 12.7. The second-order valence-corrected chi connectivity index (χ2v) is 8.68. The minimum atomic E-state index is -3.25. The summed E-state index contributed by atoms with van der Waals surface area (Å²) in [7, 11) is -3.25. The van der Waals surface area contributed by atoms with E-state index in [1.807, 2.05) is 0 Å². The van der Waals surface area contributed by atoms with E-state index in [9.17, 15) is 18.0 Å². The molecule has 1 amide bonds. The maximum absolute atomic E-state index is 12.7. The molecule has 2 aliphatic heterocycles. The Morgan fingerprint density at radius 3 is 2.56 bits per heavy atom. The molecular weight excluding hydrogens is 344 g/mol. The third-order valence-corrected chi connectivity index (χ3v) is 6.76. The number of hydrogen-bond donors (Lipinski definition) is 1. The van der Waals surface area contributed by atoms with Gasteiger partial charge in [-0.15, -0.1) is 0 Å². The van der Waals surface area contributed by atoms with Crippen LogP contribution in [0, 0.1) is 12.8 Å². The number of piperidine rings is 1. The number of amides is 1. The van der Waals surface area contributed by atoms with Crippen LogP contribution in [0.2, 0.25) is 0 Å². The molecule has 0 spiro atoms. The predicted octanol–water partition coefficient (Wildman–Crippen LogP) is 1.47. The van der Waals surface area contributed by atoms with E-state index in [0.29, 0.717) is 49.2 Å². The van der Waals surface area contributed by atoms with Crippen molar-refractivity contribution in [2.75, 3.05) is 29.7 Å². The normalized spacial score (nSPS) is 22.8. The Hall–Kier alpha value is -2.09. The van der Waals surface area contributed by atoms with Crippen molar-refractivity contribution in [3.8, 4) is 0 Å². The first kappa shape index (κ1) is 17.7. The van der Waals surface area contributed by atoms with E-state index >= 15 is 0 Å². The van der Waals surface area contributed by atoms with Gasteiger partial charge in [-0.2, -0.15) is 0 Å². The van der Waals surface area contributed by atoms with Gasteiger partial charge in [-0.05, 0) is 49.9 Å². The largest absolute Gasteiger partial charge is 0.481 e. The first-order valence-corrected chi connectivity index (χ1v) is 10.0. The molecule has 0 radical (unpaired) electrons. The van der Waals surface area contributed by atoms with Gasteiger partial charge in [-0.1, -0.05) is 0 Å². The number of rotatable bonds is 3. The number of carboxylic acids is 1. The first-order chi connectivity index (χ1) is 11.8. The quantitative estimate of drug-likeness (QED) is 0.874. The minimum Gasteiger partial charge on any atom is -0.481 e. The molecule has 1 N–H and O–H groups in total. The molecule has 2 fully saturated rings. The third kappa shape index (κ3) is 3.49. The van der Waals surface area contributed by atoms with Crippen LogP contribution >= 0.6 is 0 Å². The van der Waals surface area contributed by atoms with Gasteiger partial charge in [0.15, 0.2) is 0 Å². The summed E-state index contributed by atoms with van der Waals surface area (Å²) in [6.07, 6.45) is 1.86. The minimum absolute atomic E-state index is 0.150. The number of nitrogens with zero attached hydrogens (tertiary/aromatic N) is 2. The van der Waals surface area contributed by atoms with Gasteiger partial charge in [0.2, 0.25) is 10.0 Å². The molecule has 2 heterocycles.